The molecule has 0 bridgehead atoms. The molecule has 2 aromatic carbocycles. The van der Waals surface area contributed by atoms with Gasteiger partial charge in [-0.3, -0.25) is 23.9 Å². The van der Waals surface area contributed by atoms with Gasteiger partial charge in [0.25, 0.3) is 11.5 Å². The van der Waals surface area contributed by atoms with Gasteiger partial charge in [-0.1, -0.05) is 23.2 Å². The minimum Gasteiger partial charge on any atom is -0.481 e. The quantitative estimate of drug-likeness (QED) is 0.315. The van der Waals surface area contributed by atoms with Crippen LogP contribution in [0.15, 0.2) is 39.9 Å². The Morgan fingerprint density at radius 1 is 0.980 bits per heavy atom. The van der Waals surface area contributed by atoms with Crippen molar-refractivity contribution in [1.82, 2.24) is 29.1 Å². The summed E-state index contributed by atoms with van der Waals surface area (Å²) in [7, 11) is 3.97. The molecule has 49 heavy (non-hydrogen) atoms. The zero-order chi connectivity index (χ0) is 35.3. The second-order valence-electron chi connectivity index (χ2n) is 11.8. The Hall–Kier alpha value is -4.66. The number of nitrogens with one attached hydrogen (secondary N) is 1. The summed E-state index contributed by atoms with van der Waals surface area (Å²) in [6.07, 6.45) is 1.54. The van der Waals surface area contributed by atoms with Gasteiger partial charge in [0, 0.05) is 75.5 Å². The van der Waals surface area contributed by atoms with E-state index in [2.05, 4.69) is 15.3 Å². The number of amides is 2. The molecule has 1 fully saturated rings. The highest BCUT2D eigenvalue weighted by atomic mass is 35.5. The van der Waals surface area contributed by atoms with Crippen molar-refractivity contribution < 1.29 is 23.1 Å². The highest BCUT2D eigenvalue weighted by molar-refractivity contribution is 6.39. The topological polar surface area (TPSA) is 132 Å². The van der Waals surface area contributed by atoms with E-state index in [1.807, 2.05) is 11.0 Å². The molecule has 3 heterocycles. The standard InChI is InChI=1S/C33H31Cl2F2N7O5/c1-16(45)43-11-13-44(14-12-43)23-10-5-17-15-22(39-31(49-4)24(17)23)18-6-7-19(36)25(27(18)34)26-20(37)8-9-21(28(26)35)38-30(46)29-32(47)41(2)33(48)42(3)40-29/h6-9,15,23H,5,10-14H2,1-4H3,(H,38,46)/t23-/m0/s1. The second kappa shape index (κ2) is 13.3. The van der Waals surface area contributed by atoms with E-state index in [-0.39, 0.29) is 33.2 Å². The Kier molecular flexibility index (Phi) is 9.31. The van der Waals surface area contributed by atoms with Gasteiger partial charge in [0.1, 0.15) is 11.6 Å². The van der Waals surface area contributed by atoms with Gasteiger partial charge in [0.15, 0.2) is 0 Å². The predicted octanol–water partition coefficient (Wildman–Crippen LogP) is 4.21. The minimum atomic E-state index is -1.02. The van der Waals surface area contributed by atoms with E-state index in [4.69, 9.17) is 32.9 Å². The number of piperazine rings is 1. The van der Waals surface area contributed by atoms with Gasteiger partial charge < -0.3 is 15.0 Å². The molecule has 2 amide bonds. The lowest BCUT2D eigenvalue weighted by Gasteiger charge is -2.38. The van der Waals surface area contributed by atoms with Gasteiger partial charge in [-0.2, -0.15) is 5.10 Å². The fraction of sp³-hybridized carbons (Fsp3) is 0.333. The molecule has 1 aliphatic carbocycles. The lowest BCUT2D eigenvalue weighted by molar-refractivity contribution is -0.130. The van der Waals surface area contributed by atoms with Gasteiger partial charge in [-0.05, 0) is 48.7 Å². The van der Waals surface area contributed by atoms with E-state index >= 15 is 8.78 Å². The van der Waals surface area contributed by atoms with Crippen LogP contribution in [-0.4, -0.2) is 74.2 Å². The summed E-state index contributed by atoms with van der Waals surface area (Å²) < 4.78 is 38.3. The van der Waals surface area contributed by atoms with Crippen LogP contribution in [0.5, 0.6) is 5.88 Å². The lowest BCUT2D eigenvalue weighted by Crippen LogP contribution is -2.48. The van der Waals surface area contributed by atoms with E-state index in [9.17, 15) is 19.2 Å². The summed E-state index contributed by atoms with van der Waals surface area (Å²) in [5.41, 5.74) is -0.671. The van der Waals surface area contributed by atoms with Gasteiger partial charge in [0.2, 0.25) is 17.5 Å². The minimum absolute atomic E-state index is 0.0434. The fourth-order valence-corrected chi connectivity index (χ4v) is 7.11. The van der Waals surface area contributed by atoms with Gasteiger partial charge >= 0.3 is 5.69 Å². The van der Waals surface area contributed by atoms with Crippen LogP contribution in [-0.2, 0) is 25.3 Å². The van der Waals surface area contributed by atoms with Gasteiger partial charge in [0.05, 0.1) is 28.5 Å². The molecular formula is C33H31Cl2F2N7O5. The Labute approximate surface area is 288 Å². The number of carbonyl (C=O) groups excluding carboxylic acids is 2. The molecular weight excluding hydrogens is 683 g/mol. The number of ether oxygens (including phenoxy) is 1. The molecule has 16 heteroatoms. The maximum atomic E-state index is 15.6. The lowest BCUT2D eigenvalue weighted by atomic mass is 9.98. The number of anilines is 1. The summed E-state index contributed by atoms with van der Waals surface area (Å²) in [6, 6.07) is 6.57. The average molecular weight is 715 g/mol. The first-order valence-electron chi connectivity index (χ1n) is 15.3. The number of hydrogen-bond donors (Lipinski definition) is 1. The molecule has 0 saturated carbocycles. The largest absolute Gasteiger partial charge is 0.481 e. The van der Waals surface area contributed by atoms with Crippen LogP contribution in [0.4, 0.5) is 14.5 Å². The summed E-state index contributed by atoms with van der Waals surface area (Å²) >= 11 is 13.4. The van der Waals surface area contributed by atoms with Gasteiger partial charge in [-0.15, -0.1) is 0 Å². The normalized spacial score (nSPS) is 16.1. The Bertz CT molecular complexity index is 2150. The zero-order valence-electron chi connectivity index (χ0n) is 26.9. The number of benzene rings is 2. The third-order valence-corrected chi connectivity index (χ3v) is 9.80. The smallest absolute Gasteiger partial charge is 0.346 e. The number of aryl methyl sites for hydroxylation is 2. The Morgan fingerprint density at radius 2 is 1.63 bits per heavy atom. The Morgan fingerprint density at radius 3 is 2.29 bits per heavy atom. The first-order chi connectivity index (χ1) is 23.3. The van der Waals surface area contributed by atoms with Crippen molar-refractivity contribution >= 4 is 40.7 Å². The Balaban J connectivity index is 1.36. The van der Waals surface area contributed by atoms with Crippen molar-refractivity contribution in [2.24, 2.45) is 14.1 Å². The van der Waals surface area contributed by atoms with Crippen molar-refractivity contribution in [1.29, 1.82) is 0 Å². The van der Waals surface area contributed by atoms with Crippen LogP contribution in [0.3, 0.4) is 0 Å². The van der Waals surface area contributed by atoms with Crippen molar-refractivity contribution in [2.45, 2.75) is 25.8 Å². The number of aromatic nitrogens is 4. The molecule has 2 aromatic heterocycles. The van der Waals surface area contributed by atoms with Crippen LogP contribution in [0.25, 0.3) is 22.4 Å². The maximum Gasteiger partial charge on any atom is 0.346 e. The van der Waals surface area contributed by atoms with Crippen LogP contribution in [0.1, 0.15) is 41.0 Å². The molecule has 1 aliphatic heterocycles. The third kappa shape index (κ3) is 6.08. The predicted molar refractivity (Wildman–Crippen MR) is 179 cm³/mol. The highest BCUT2D eigenvalue weighted by Crippen LogP contribution is 2.47. The molecule has 6 rings (SSSR count). The van der Waals surface area contributed by atoms with E-state index in [0.29, 0.717) is 47.9 Å². The summed E-state index contributed by atoms with van der Waals surface area (Å²) in [6.45, 7) is 4.26. The molecule has 0 unspecified atom stereocenters. The number of carbonyl (C=O) groups is 2. The summed E-state index contributed by atoms with van der Waals surface area (Å²) in [4.78, 5) is 58.3. The highest BCUT2D eigenvalue weighted by Gasteiger charge is 2.35. The van der Waals surface area contributed by atoms with Crippen LogP contribution >= 0.6 is 23.2 Å². The second-order valence-corrected chi connectivity index (χ2v) is 12.6. The van der Waals surface area contributed by atoms with E-state index < -0.39 is 40.0 Å². The van der Waals surface area contributed by atoms with Crippen molar-refractivity contribution in [2.75, 3.05) is 38.6 Å². The number of fused-ring (bicyclic) bond motifs is 1. The monoisotopic (exact) mass is 713 g/mol. The number of rotatable bonds is 6. The van der Waals surface area contributed by atoms with Gasteiger partial charge in [-0.25, -0.2) is 23.2 Å². The van der Waals surface area contributed by atoms with Crippen molar-refractivity contribution in [3.05, 3.63) is 89.7 Å². The molecule has 0 spiro atoms. The SMILES string of the molecule is COc1nc(-c2ccc(F)c(-c3c(F)ccc(NC(=O)c4nn(C)c(=O)n(C)c4=O)c3Cl)c2Cl)cc2c1[C@@H](N1CCN(C(C)=O)CC1)CC2. The number of halogens is 4. The van der Waals surface area contributed by atoms with Crippen LogP contribution < -0.4 is 21.3 Å². The molecule has 256 valence electrons. The number of methoxy groups -OCH3 is 1. The summed E-state index contributed by atoms with van der Waals surface area (Å²) in [5.74, 6) is -2.40. The molecule has 2 aliphatic rings. The van der Waals surface area contributed by atoms with Crippen LogP contribution in [0, 0.1) is 11.6 Å². The van der Waals surface area contributed by atoms with E-state index in [1.165, 1.54) is 27.3 Å². The number of hydrogen-bond acceptors (Lipinski definition) is 8. The molecule has 1 saturated heterocycles. The average Bonchev–Trinajstić information content (AvgIpc) is 3.52. The van der Waals surface area contributed by atoms with Crippen molar-refractivity contribution in [3.63, 3.8) is 0 Å². The fourth-order valence-electron chi connectivity index (χ4n) is 6.47. The van der Waals surface area contributed by atoms with E-state index in [1.54, 1.807) is 6.92 Å². The molecule has 1 atom stereocenters. The third-order valence-electron chi connectivity index (χ3n) is 9.02. The number of pyridine rings is 1. The van der Waals surface area contributed by atoms with Crippen molar-refractivity contribution in [3.8, 4) is 28.3 Å². The molecule has 4 aromatic rings. The maximum absolute atomic E-state index is 15.6. The molecule has 12 nitrogen and oxygen atoms in total. The molecule has 0 radical (unpaired) electrons. The van der Waals surface area contributed by atoms with Crippen LogP contribution in [0.2, 0.25) is 10.0 Å². The molecule has 1 N–H and O–H groups in total. The first-order valence-corrected chi connectivity index (χ1v) is 16.1. The summed E-state index contributed by atoms with van der Waals surface area (Å²) in [5, 5.41) is 5.57. The first kappa shape index (κ1) is 34.2. The zero-order valence-corrected chi connectivity index (χ0v) is 28.5. The number of nitrogens with zero attached hydrogens (tertiary/aromatic N) is 6. The van der Waals surface area contributed by atoms with E-state index in [0.717, 1.165) is 46.8 Å².